The molecule has 0 bridgehead atoms. The number of morpholine rings is 1. The van der Waals surface area contributed by atoms with Crippen molar-refractivity contribution >= 4 is 17.6 Å². The molecule has 0 aliphatic carbocycles. The second-order valence-electron chi connectivity index (χ2n) is 5.24. The first-order valence-corrected chi connectivity index (χ1v) is 7.42. The first kappa shape index (κ1) is 15.9. The summed E-state index contributed by atoms with van der Waals surface area (Å²) >= 11 is 0. The number of carbonyl (C=O) groups excluding carboxylic acids is 2. The van der Waals surface area contributed by atoms with Crippen LogP contribution >= 0.6 is 0 Å². The molecule has 0 saturated carbocycles. The minimum absolute atomic E-state index is 0.212. The van der Waals surface area contributed by atoms with Crippen LogP contribution in [0.4, 0.5) is 5.82 Å². The molecular weight excluding hydrogens is 314 g/mol. The van der Waals surface area contributed by atoms with Crippen LogP contribution in [0.3, 0.4) is 0 Å². The number of carbonyl (C=O) groups is 2. The number of furan rings is 1. The Morgan fingerprint density at radius 1 is 1.42 bits per heavy atom. The molecule has 1 atom stereocenters. The SMILES string of the molecule is NC(=O)C1CN(c2cncc(CNC(=O)c3ccco3)n2)CCO1. The fourth-order valence-electron chi connectivity index (χ4n) is 2.33. The standard InChI is InChI=1S/C15H17N5O4/c16-14(21)12-9-20(3-5-24-12)13-8-17-6-10(19-13)7-18-15(22)11-2-1-4-23-11/h1-2,4,6,8,12H,3,5,7,9H2,(H2,16,21)(H,18,22). The van der Waals surface area contributed by atoms with Crippen LogP contribution in [0.25, 0.3) is 0 Å². The number of aromatic nitrogens is 2. The van der Waals surface area contributed by atoms with Crippen LogP contribution in [0.2, 0.25) is 0 Å². The lowest BCUT2D eigenvalue weighted by Gasteiger charge is -2.32. The van der Waals surface area contributed by atoms with E-state index in [-0.39, 0.29) is 18.2 Å². The van der Waals surface area contributed by atoms with Crippen molar-refractivity contribution in [2.24, 2.45) is 5.73 Å². The number of nitrogens with two attached hydrogens (primary N) is 1. The van der Waals surface area contributed by atoms with Gasteiger partial charge in [-0.1, -0.05) is 0 Å². The first-order chi connectivity index (χ1) is 11.6. The molecule has 1 aliphatic rings. The molecule has 3 heterocycles. The summed E-state index contributed by atoms with van der Waals surface area (Å²) in [4.78, 5) is 33.6. The highest BCUT2D eigenvalue weighted by atomic mass is 16.5. The number of hydrogen-bond acceptors (Lipinski definition) is 7. The molecular formula is C15H17N5O4. The highest BCUT2D eigenvalue weighted by molar-refractivity contribution is 5.91. The summed E-state index contributed by atoms with van der Waals surface area (Å²) in [5.41, 5.74) is 5.87. The number of hydrogen-bond donors (Lipinski definition) is 2. The van der Waals surface area contributed by atoms with Crippen molar-refractivity contribution in [3.63, 3.8) is 0 Å². The maximum atomic E-state index is 11.9. The average molecular weight is 331 g/mol. The van der Waals surface area contributed by atoms with E-state index in [0.29, 0.717) is 31.2 Å². The van der Waals surface area contributed by atoms with Gasteiger partial charge in [0.25, 0.3) is 5.91 Å². The summed E-state index contributed by atoms with van der Waals surface area (Å²) in [6.07, 6.45) is 3.94. The largest absolute Gasteiger partial charge is 0.459 e. The Morgan fingerprint density at radius 2 is 2.29 bits per heavy atom. The van der Waals surface area contributed by atoms with E-state index in [1.807, 2.05) is 4.90 Å². The minimum Gasteiger partial charge on any atom is -0.459 e. The predicted octanol–water partition coefficient (Wildman–Crippen LogP) is -0.310. The van der Waals surface area contributed by atoms with Crippen molar-refractivity contribution in [1.29, 1.82) is 0 Å². The van der Waals surface area contributed by atoms with Gasteiger partial charge in [0.15, 0.2) is 11.9 Å². The fourth-order valence-corrected chi connectivity index (χ4v) is 2.33. The van der Waals surface area contributed by atoms with Crippen molar-refractivity contribution in [3.05, 3.63) is 42.2 Å². The molecule has 0 aromatic carbocycles. The van der Waals surface area contributed by atoms with E-state index in [1.54, 1.807) is 24.5 Å². The quantitative estimate of drug-likeness (QED) is 0.770. The van der Waals surface area contributed by atoms with Crippen LogP contribution in [0.15, 0.2) is 35.2 Å². The molecule has 2 amide bonds. The van der Waals surface area contributed by atoms with Gasteiger partial charge in [0.1, 0.15) is 5.82 Å². The molecule has 3 rings (SSSR count). The molecule has 2 aromatic rings. The van der Waals surface area contributed by atoms with Gasteiger partial charge < -0.3 is 25.1 Å². The number of amides is 2. The Labute approximate surface area is 137 Å². The Balaban J connectivity index is 1.63. The number of nitrogens with zero attached hydrogens (tertiary/aromatic N) is 3. The molecule has 1 saturated heterocycles. The molecule has 9 nitrogen and oxygen atoms in total. The van der Waals surface area contributed by atoms with Crippen molar-refractivity contribution in [2.75, 3.05) is 24.6 Å². The molecule has 2 aromatic heterocycles. The topological polar surface area (TPSA) is 124 Å². The predicted molar refractivity (Wildman–Crippen MR) is 83.1 cm³/mol. The summed E-state index contributed by atoms with van der Waals surface area (Å²) in [5.74, 6) is 0.00721. The molecule has 126 valence electrons. The van der Waals surface area contributed by atoms with Gasteiger partial charge in [-0.15, -0.1) is 0 Å². The van der Waals surface area contributed by atoms with E-state index in [1.165, 1.54) is 6.26 Å². The Hall–Kier alpha value is -2.94. The Kier molecular flexibility index (Phi) is 4.71. The smallest absolute Gasteiger partial charge is 0.287 e. The zero-order valence-electron chi connectivity index (χ0n) is 12.8. The zero-order chi connectivity index (χ0) is 16.9. The number of rotatable bonds is 5. The lowest BCUT2D eigenvalue weighted by atomic mass is 10.2. The number of anilines is 1. The number of nitrogens with one attached hydrogen (secondary N) is 1. The third-order valence-electron chi connectivity index (χ3n) is 3.55. The number of ether oxygens (including phenoxy) is 1. The summed E-state index contributed by atoms with van der Waals surface area (Å²) in [6.45, 7) is 1.51. The molecule has 24 heavy (non-hydrogen) atoms. The summed E-state index contributed by atoms with van der Waals surface area (Å²) in [7, 11) is 0. The third kappa shape index (κ3) is 3.69. The fraction of sp³-hybridized carbons (Fsp3) is 0.333. The lowest BCUT2D eigenvalue weighted by molar-refractivity contribution is -0.130. The lowest BCUT2D eigenvalue weighted by Crippen LogP contribution is -2.48. The van der Waals surface area contributed by atoms with Gasteiger partial charge in [-0.3, -0.25) is 14.6 Å². The van der Waals surface area contributed by atoms with Gasteiger partial charge in [-0.05, 0) is 12.1 Å². The van der Waals surface area contributed by atoms with E-state index < -0.39 is 12.0 Å². The van der Waals surface area contributed by atoms with Crippen molar-refractivity contribution in [1.82, 2.24) is 15.3 Å². The van der Waals surface area contributed by atoms with Gasteiger partial charge in [0, 0.05) is 6.54 Å². The molecule has 0 spiro atoms. The van der Waals surface area contributed by atoms with E-state index >= 15 is 0 Å². The van der Waals surface area contributed by atoms with Gasteiger partial charge in [0.2, 0.25) is 5.91 Å². The van der Waals surface area contributed by atoms with E-state index in [2.05, 4.69) is 15.3 Å². The van der Waals surface area contributed by atoms with Gasteiger partial charge in [-0.2, -0.15) is 0 Å². The first-order valence-electron chi connectivity index (χ1n) is 7.42. The van der Waals surface area contributed by atoms with Crippen LogP contribution in [0.5, 0.6) is 0 Å². The normalized spacial score (nSPS) is 17.5. The summed E-state index contributed by atoms with van der Waals surface area (Å²) < 4.78 is 10.3. The molecule has 1 unspecified atom stereocenters. The highest BCUT2D eigenvalue weighted by Crippen LogP contribution is 2.14. The van der Waals surface area contributed by atoms with Crippen LogP contribution in [0.1, 0.15) is 16.2 Å². The Morgan fingerprint density at radius 3 is 3.04 bits per heavy atom. The highest BCUT2D eigenvalue weighted by Gasteiger charge is 2.25. The van der Waals surface area contributed by atoms with E-state index in [0.717, 1.165) is 0 Å². The monoisotopic (exact) mass is 331 g/mol. The Bertz CT molecular complexity index is 718. The van der Waals surface area contributed by atoms with E-state index in [9.17, 15) is 9.59 Å². The second-order valence-corrected chi connectivity index (χ2v) is 5.24. The maximum absolute atomic E-state index is 11.9. The van der Waals surface area contributed by atoms with Crippen molar-refractivity contribution in [2.45, 2.75) is 12.6 Å². The van der Waals surface area contributed by atoms with Gasteiger partial charge in [0.05, 0.1) is 44.0 Å². The maximum Gasteiger partial charge on any atom is 0.287 e. The summed E-state index contributed by atoms with van der Waals surface area (Å²) in [6, 6.07) is 3.22. The van der Waals surface area contributed by atoms with Crippen LogP contribution in [0, 0.1) is 0 Å². The van der Waals surface area contributed by atoms with Crippen LogP contribution in [-0.2, 0) is 16.1 Å². The number of primary amides is 1. The summed E-state index contributed by atoms with van der Waals surface area (Å²) in [5, 5.41) is 2.71. The van der Waals surface area contributed by atoms with E-state index in [4.69, 9.17) is 14.9 Å². The van der Waals surface area contributed by atoms with Crippen LogP contribution in [-0.4, -0.2) is 47.6 Å². The molecule has 9 heteroatoms. The molecule has 1 fully saturated rings. The van der Waals surface area contributed by atoms with Crippen molar-refractivity contribution < 1.29 is 18.7 Å². The molecule has 0 radical (unpaired) electrons. The van der Waals surface area contributed by atoms with Gasteiger partial charge >= 0.3 is 0 Å². The minimum atomic E-state index is -0.664. The zero-order valence-corrected chi connectivity index (χ0v) is 12.8. The molecule has 1 aliphatic heterocycles. The van der Waals surface area contributed by atoms with Gasteiger partial charge in [-0.25, -0.2) is 4.98 Å². The third-order valence-corrected chi connectivity index (χ3v) is 3.55. The molecule has 3 N–H and O–H groups in total. The van der Waals surface area contributed by atoms with Crippen LogP contribution < -0.4 is 16.0 Å². The second kappa shape index (κ2) is 7.09. The average Bonchev–Trinajstić information content (AvgIpc) is 3.15. The van der Waals surface area contributed by atoms with Crippen molar-refractivity contribution in [3.8, 4) is 0 Å².